The van der Waals surface area contributed by atoms with E-state index < -0.39 is 60.2 Å². The van der Waals surface area contributed by atoms with Gasteiger partial charge in [-0.25, -0.2) is 4.79 Å². The summed E-state index contributed by atoms with van der Waals surface area (Å²) in [5, 5.41) is 37.1. The normalized spacial score (nSPS) is 14.6. The first-order valence-electron chi connectivity index (χ1n) is 13.8. The van der Waals surface area contributed by atoms with Crippen molar-refractivity contribution in [2.45, 2.75) is 63.7 Å². The molecule has 0 saturated heterocycles. The van der Waals surface area contributed by atoms with E-state index in [1.165, 1.54) is 24.3 Å². The fourth-order valence-electron chi connectivity index (χ4n) is 4.51. The summed E-state index contributed by atoms with van der Waals surface area (Å²) in [6, 6.07) is 7.80. The summed E-state index contributed by atoms with van der Waals surface area (Å²) in [6.07, 6.45) is 1.26. The van der Waals surface area contributed by atoms with Gasteiger partial charge >= 0.3 is 11.9 Å². The Balaban J connectivity index is 1.84. The summed E-state index contributed by atoms with van der Waals surface area (Å²) < 4.78 is 0. The quantitative estimate of drug-likeness (QED) is 0.125. The molecule has 9 N–H and O–H groups in total. The Morgan fingerprint density at radius 3 is 2.07 bits per heavy atom. The third-order valence-electron chi connectivity index (χ3n) is 7.29. The molecule has 3 rings (SSSR count). The van der Waals surface area contributed by atoms with Gasteiger partial charge in [0.05, 0.1) is 12.5 Å². The number of hydrogen-bond acceptors (Lipinski definition) is 7. The molecule has 0 saturated carbocycles. The van der Waals surface area contributed by atoms with Gasteiger partial charge in [-0.15, -0.1) is 0 Å². The number of carboxylic acid groups (broad SMARTS) is 2. The van der Waals surface area contributed by atoms with Gasteiger partial charge in [0.25, 0.3) is 0 Å². The Morgan fingerprint density at radius 2 is 1.44 bits per heavy atom. The number of nitrogens with two attached hydrogens (primary N) is 1. The first-order valence-corrected chi connectivity index (χ1v) is 13.8. The second-order valence-corrected chi connectivity index (χ2v) is 10.5. The van der Waals surface area contributed by atoms with Crippen LogP contribution in [0.2, 0.25) is 0 Å². The van der Waals surface area contributed by atoms with E-state index in [2.05, 4.69) is 20.9 Å². The first-order chi connectivity index (χ1) is 20.4. The van der Waals surface area contributed by atoms with Gasteiger partial charge in [-0.3, -0.25) is 19.2 Å². The molecule has 3 aromatic rings. The number of hydrogen-bond donors (Lipinski definition) is 8. The number of phenolic OH excluding ortho intramolecular Hbond substituents is 1. The molecular weight excluding hydrogens is 558 g/mol. The van der Waals surface area contributed by atoms with Gasteiger partial charge in [-0.05, 0) is 35.2 Å². The highest BCUT2D eigenvalue weighted by molar-refractivity contribution is 5.96. The average molecular weight is 596 g/mol. The highest BCUT2D eigenvalue weighted by Crippen LogP contribution is 2.19. The fraction of sp³-hybridized carbons (Fsp3) is 0.367. The third kappa shape index (κ3) is 9.04. The molecule has 0 fully saturated rings. The van der Waals surface area contributed by atoms with Crippen LogP contribution < -0.4 is 21.7 Å². The minimum Gasteiger partial charge on any atom is -0.508 e. The molecular formula is C30H37N5O8. The number of nitrogens with one attached hydrogen (secondary N) is 4. The molecule has 0 bridgehead atoms. The van der Waals surface area contributed by atoms with E-state index in [1.807, 2.05) is 25.1 Å². The van der Waals surface area contributed by atoms with Crippen LogP contribution in [-0.4, -0.2) is 74.1 Å². The molecule has 0 aliphatic rings. The minimum absolute atomic E-state index is 0.0275. The van der Waals surface area contributed by atoms with Crippen molar-refractivity contribution in [2.24, 2.45) is 11.7 Å². The Hall–Kier alpha value is -4.91. The van der Waals surface area contributed by atoms with E-state index in [4.69, 9.17) is 5.73 Å². The Morgan fingerprint density at radius 1 is 0.837 bits per heavy atom. The van der Waals surface area contributed by atoms with E-state index in [0.29, 0.717) is 17.5 Å². The van der Waals surface area contributed by atoms with Crippen molar-refractivity contribution >= 4 is 40.6 Å². The fourth-order valence-corrected chi connectivity index (χ4v) is 4.51. The monoisotopic (exact) mass is 595 g/mol. The SMILES string of the molecule is CCC(C)C(N)C(=O)NC(CC(=O)O)C(=O)NC(Cc1ccc(O)cc1)C(=O)NC(Cc1c[nH]c2ccccc12)C(=O)O. The van der Waals surface area contributed by atoms with Gasteiger partial charge in [0.1, 0.15) is 23.9 Å². The molecule has 3 amide bonds. The van der Waals surface area contributed by atoms with Crippen LogP contribution in [0.4, 0.5) is 0 Å². The topological polar surface area (TPSA) is 224 Å². The van der Waals surface area contributed by atoms with Crippen molar-refractivity contribution < 1.29 is 39.3 Å². The minimum atomic E-state index is -1.56. The molecule has 0 aliphatic carbocycles. The van der Waals surface area contributed by atoms with Crippen LogP contribution in [0.3, 0.4) is 0 Å². The maximum Gasteiger partial charge on any atom is 0.326 e. The van der Waals surface area contributed by atoms with Gasteiger partial charge < -0.3 is 42.0 Å². The number of benzene rings is 2. The number of carboxylic acids is 2. The summed E-state index contributed by atoms with van der Waals surface area (Å²) in [7, 11) is 0. The molecule has 13 heteroatoms. The molecule has 0 aliphatic heterocycles. The van der Waals surface area contributed by atoms with Gasteiger partial charge in [-0.2, -0.15) is 0 Å². The second kappa shape index (κ2) is 14.8. The Labute approximate surface area is 247 Å². The van der Waals surface area contributed by atoms with Crippen molar-refractivity contribution in [3.05, 3.63) is 65.9 Å². The summed E-state index contributed by atoms with van der Waals surface area (Å²) in [4.78, 5) is 66.2. The number of aromatic nitrogens is 1. The number of aromatic amines is 1. The van der Waals surface area contributed by atoms with E-state index >= 15 is 0 Å². The van der Waals surface area contributed by atoms with Crippen molar-refractivity contribution in [1.82, 2.24) is 20.9 Å². The number of aliphatic carboxylic acids is 2. The lowest BCUT2D eigenvalue weighted by atomic mass is 9.98. The maximum atomic E-state index is 13.5. The predicted octanol–water partition coefficient (Wildman–Crippen LogP) is 1.05. The van der Waals surface area contributed by atoms with Crippen LogP contribution in [0.15, 0.2) is 54.7 Å². The van der Waals surface area contributed by atoms with Crippen LogP contribution in [0.5, 0.6) is 5.75 Å². The van der Waals surface area contributed by atoms with Gasteiger partial charge in [-0.1, -0.05) is 50.6 Å². The number of amides is 3. The lowest BCUT2D eigenvalue weighted by Crippen LogP contribution is -2.58. The highest BCUT2D eigenvalue weighted by Gasteiger charge is 2.32. The van der Waals surface area contributed by atoms with Crippen molar-refractivity contribution in [2.75, 3.05) is 0 Å². The number of H-pyrrole nitrogens is 1. The summed E-state index contributed by atoms with van der Waals surface area (Å²) in [6.45, 7) is 3.57. The van der Waals surface area contributed by atoms with E-state index in [0.717, 1.165) is 10.9 Å². The molecule has 5 unspecified atom stereocenters. The summed E-state index contributed by atoms with van der Waals surface area (Å²) in [5.74, 6) is -5.47. The van der Waals surface area contributed by atoms with Crippen molar-refractivity contribution in [3.8, 4) is 5.75 Å². The standard InChI is InChI=1S/C30H37N5O8/c1-3-16(2)26(31)29(41)34-23(14-25(37)38)28(40)33-22(12-17-8-10-19(36)11-9-17)27(39)35-24(30(42)43)13-18-15-32-21-7-5-4-6-20(18)21/h4-11,15-16,22-24,26,32,36H,3,12-14,31H2,1-2H3,(H,33,40)(H,34,41)(H,35,39)(H,37,38)(H,42,43). The number of phenols is 1. The predicted molar refractivity (Wildman–Crippen MR) is 157 cm³/mol. The number of aromatic hydroxyl groups is 1. The van der Waals surface area contributed by atoms with E-state index in [9.17, 15) is 39.3 Å². The van der Waals surface area contributed by atoms with E-state index in [-0.39, 0.29) is 24.5 Å². The number of carbonyl (C=O) groups is 5. The number of carbonyl (C=O) groups excluding carboxylic acids is 3. The van der Waals surface area contributed by atoms with E-state index in [1.54, 1.807) is 19.2 Å². The number of rotatable bonds is 15. The molecule has 13 nitrogen and oxygen atoms in total. The zero-order valence-electron chi connectivity index (χ0n) is 23.9. The lowest BCUT2D eigenvalue weighted by molar-refractivity contribution is -0.143. The molecule has 1 heterocycles. The zero-order chi connectivity index (χ0) is 31.7. The van der Waals surface area contributed by atoms with Crippen LogP contribution in [0, 0.1) is 5.92 Å². The molecule has 1 aromatic heterocycles. The molecule has 0 spiro atoms. The van der Waals surface area contributed by atoms with Crippen LogP contribution in [0.25, 0.3) is 10.9 Å². The van der Waals surface area contributed by atoms with Crippen LogP contribution in [0.1, 0.15) is 37.8 Å². The summed E-state index contributed by atoms with van der Waals surface area (Å²) >= 11 is 0. The molecule has 0 radical (unpaired) electrons. The van der Waals surface area contributed by atoms with Gasteiger partial charge in [0.15, 0.2) is 0 Å². The zero-order valence-corrected chi connectivity index (χ0v) is 23.9. The maximum absolute atomic E-state index is 13.5. The highest BCUT2D eigenvalue weighted by atomic mass is 16.4. The molecule has 2 aromatic carbocycles. The van der Waals surface area contributed by atoms with Crippen molar-refractivity contribution in [3.63, 3.8) is 0 Å². The van der Waals surface area contributed by atoms with Crippen LogP contribution >= 0.6 is 0 Å². The number of fused-ring (bicyclic) bond motifs is 1. The largest absolute Gasteiger partial charge is 0.508 e. The third-order valence-corrected chi connectivity index (χ3v) is 7.29. The summed E-state index contributed by atoms with van der Waals surface area (Å²) in [5.41, 5.74) is 7.92. The van der Waals surface area contributed by atoms with Gasteiger partial charge in [0.2, 0.25) is 17.7 Å². The van der Waals surface area contributed by atoms with Crippen LogP contribution in [-0.2, 0) is 36.8 Å². The molecule has 5 atom stereocenters. The first kappa shape index (κ1) is 32.6. The average Bonchev–Trinajstić information content (AvgIpc) is 3.38. The lowest BCUT2D eigenvalue weighted by Gasteiger charge is -2.25. The Kier molecular flexibility index (Phi) is 11.2. The molecule has 230 valence electrons. The number of para-hydroxylation sites is 1. The van der Waals surface area contributed by atoms with Crippen molar-refractivity contribution in [1.29, 1.82) is 0 Å². The van der Waals surface area contributed by atoms with Gasteiger partial charge in [0, 0.05) is 29.9 Å². The second-order valence-electron chi connectivity index (χ2n) is 10.5. The molecule has 43 heavy (non-hydrogen) atoms. The Bertz CT molecular complexity index is 1450. The smallest absolute Gasteiger partial charge is 0.326 e.